The predicted molar refractivity (Wildman–Crippen MR) is 89.6 cm³/mol. The molecule has 0 radical (unpaired) electrons. The van der Waals surface area contributed by atoms with Crippen molar-refractivity contribution in [2.75, 3.05) is 5.88 Å². The van der Waals surface area contributed by atoms with Crippen LogP contribution in [0.15, 0.2) is 53.0 Å². The molecule has 0 spiro atoms. The van der Waals surface area contributed by atoms with E-state index in [4.69, 9.17) is 11.6 Å². The van der Waals surface area contributed by atoms with Crippen LogP contribution in [0, 0.1) is 0 Å². The van der Waals surface area contributed by atoms with E-state index in [1.54, 1.807) is 0 Å². The molecule has 0 N–H and O–H groups in total. The molecule has 2 aromatic rings. The van der Waals surface area contributed by atoms with Crippen LogP contribution in [0.5, 0.6) is 0 Å². The SMILES string of the molecule is ClCC1(Cc2ccccc2Br)CCCc2ccccc21. The summed E-state index contributed by atoms with van der Waals surface area (Å²) in [4.78, 5) is 0. The summed E-state index contributed by atoms with van der Waals surface area (Å²) in [5.74, 6) is 0.686. The Bertz CT molecular complexity index is 608. The summed E-state index contributed by atoms with van der Waals surface area (Å²) in [6, 6.07) is 17.3. The number of aryl methyl sites for hydroxylation is 1. The number of fused-ring (bicyclic) bond motifs is 1. The van der Waals surface area contributed by atoms with Gasteiger partial charge in [0, 0.05) is 15.8 Å². The van der Waals surface area contributed by atoms with Crippen molar-refractivity contribution in [2.24, 2.45) is 0 Å². The van der Waals surface area contributed by atoms with Gasteiger partial charge in [0.1, 0.15) is 0 Å². The smallest absolute Gasteiger partial charge is 0.0323 e. The number of hydrogen-bond donors (Lipinski definition) is 0. The first-order valence-electron chi connectivity index (χ1n) is 7.13. The third-order valence-corrected chi connectivity index (χ3v) is 5.72. The van der Waals surface area contributed by atoms with E-state index in [0.29, 0.717) is 5.88 Å². The Hall–Kier alpha value is -0.790. The average Bonchev–Trinajstić information content (AvgIpc) is 2.50. The zero-order valence-corrected chi connectivity index (χ0v) is 13.8. The van der Waals surface area contributed by atoms with Gasteiger partial charge in [-0.2, -0.15) is 0 Å². The van der Waals surface area contributed by atoms with Crippen molar-refractivity contribution >= 4 is 27.5 Å². The van der Waals surface area contributed by atoms with Crippen LogP contribution in [-0.4, -0.2) is 5.88 Å². The molecule has 0 saturated heterocycles. The van der Waals surface area contributed by atoms with Crippen LogP contribution in [0.2, 0.25) is 0 Å². The van der Waals surface area contributed by atoms with E-state index in [0.717, 1.165) is 6.42 Å². The van der Waals surface area contributed by atoms with Gasteiger partial charge in [0.2, 0.25) is 0 Å². The summed E-state index contributed by atoms with van der Waals surface area (Å²) in [6.45, 7) is 0. The van der Waals surface area contributed by atoms with Crippen molar-refractivity contribution in [3.63, 3.8) is 0 Å². The first-order valence-corrected chi connectivity index (χ1v) is 8.46. The molecule has 0 aromatic heterocycles. The van der Waals surface area contributed by atoms with Crippen molar-refractivity contribution in [1.29, 1.82) is 0 Å². The van der Waals surface area contributed by atoms with Gasteiger partial charge < -0.3 is 0 Å². The Labute approximate surface area is 134 Å². The van der Waals surface area contributed by atoms with E-state index in [-0.39, 0.29) is 5.41 Å². The Balaban J connectivity index is 2.03. The number of rotatable bonds is 3. The van der Waals surface area contributed by atoms with Crippen molar-refractivity contribution in [3.8, 4) is 0 Å². The zero-order chi connectivity index (χ0) is 14.0. The summed E-state index contributed by atoms with van der Waals surface area (Å²) in [5.41, 5.74) is 4.37. The molecule has 0 heterocycles. The second kappa shape index (κ2) is 5.91. The number of hydrogen-bond acceptors (Lipinski definition) is 0. The van der Waals surface area contributed by atoms with Crippen LogP contribution in [0.4, 0.5) is 0 Å². The van der Waals surface area contributed by atoms with Gasteiger partial charge in [0.05, 0.1) is 0 Å². The topological polar surface area (TPSA) is 0 Å². The van der Waals surface area contributed by atoms with Gasteiger partial charge in [-0.25, -0.2) is 0 Å². The lowest BCUT2D eigenvalue weighted by Crippen LogP contribution is -2.35. The fraction of sp³-hybridized carbons (Fsp3) is 0.333. The maximum absolute atomic E-state index is 6.45. The first-order chi connectivity index (χ1) is 9.75. The van der Waals surface area contributed by atoms with Gasteiger partial charge in [-0.1, -0.05) is 58.4 Å². The zero-order valence-electron chi connectivity index (χ0n) is 11.4. The molecule has 104 valence electrons. The lowest BCUT2D eigenvalue weighted by molar-refractivity contribution is 0.396. The van der Waals surface area contributed by atoms with Crippen LogP contribution in [0.25, 0.3) is 0 Å². The highest BCUT2D eigenvalue weighted by Crippen LogP contribution is 2.41. The van der Waals surface area contributed by atoms with Crippen molar-refractivity contribution in [3.05, 3.63) is 69.7 Å². The number of benzene rings is 2. The Morgan fingerprint density at radius 3 is 2.60 bits per heavy atom. The molecular formula is C18H18BrCl. The standard InChI is InChI=1S/C18H18BrCl/c19-17-10-4-2-7-15(17)12-18(13-20)11-5-8-14-6-1-3-9-16(14)18/h1-4,6-7,9-10H,5,8,11-13H2. The van der Waals surface area contributed by atoms with Crippen LogP contribution in [-0.2, 0) is 18.3 Å². The highest BCUT2D eigenvalue weighted by Gasteiger charge is 2.36. The summed E-state index contributed by atoms with van der Waals surface area (Å²) in [6.07, 6.45) is 4.60. The minimum Gasteiger partial charge on any atom is -0.126 e. The van der Waals surface area contributed by atoms with Crippen LogP contribution in [0.1, 0.15) is 29.5 Å². The lowest BCUT2D eigenvalue weighted by atomic mass is 9.68. The minimum absolute atomic E-state index is 0.0836. The van der Waals surface area contributed by atoms with Crippen LogP contribution >= 0.6 is 27.5 Å². The Morgan fingerprint density at radius 2 is 1.80 bits per heavy atom. The molecule has 0 nitrogen and oxygen atoms in total. The van der Waals surface area contributed by atoms with Gasteiger partial charge in [-0.05, 0) is 48.4 Å². The Kier molecular flexibility index (Phi) is 4.18. The molecule has 1 aliphatic carbocycles. The van der Waals surface area contributed by atoms with E-state index >= 15 is 0 Å². The molecule has 0 amide bonds. The monoisotopic (exact) mass is 348 g/mol. The quantitative estimate of drug-likeness (QED) is 0.641. The summed E-state index contributed by atoms with van der Waals surface area (Å²) < 4.78 is 1.19. The molecule has 3 rings (SSSR count). The Morgan fingerprint density at radius 1 is 1.05 bits per heavy atom. The molecule has 0 bridgehead atoms. The van der Waals surface area contributed by atoms with Gasteiger partial charge in [-0.15, -0.1) is 11.6 Å². The van der Waals surface area contributed by atoms with Crippen molar-refractivity contribution < 1.29 is 0 Å². The molecular weight excluding hydrogens is 332 g/mol. The van der Waals surface area contributed by atoms with Gasteiger partial charge in [0.25, 0.3) is 0 Å². The average molecular weight is 350 g/mol. The fourth-order valence-corrected chi connectivity index (χ4v) is 4.18. The van der Waals surface area contributed by atoms with Crippen molar-refractivity contribution in [2.45, 2.75) is 31.1 Å². The number of halogens is 2. The van der Waals surface area contributed by atoms with Crippen LogP contribution in [0.3, 0.4) is 0 Å². The second-order valence-corrected chi connectivity index (χ2v) is 6.81. The molecule has 1 atom stereocenters. The molecule has 1 aliphatic rings. The minimum atomic E-state index is 0.0836. The summed E-state index contributed by atoms with van der Waals surface area (Å²) in [7, 11) is 0. The van der Waals surface area contributed by atoms with Crippen molar-refractivity contribution in [1.82, 2.24) is 0 Å². The number of alkyl halides is 1. The molecule has 0 aliphatic heterocycles. The normalized spacial score (nSPS) is 21.5. The van der Waals surface area contributed by atoms with Gasteiger partial charge in [-0.3, -0.25) is 0 Å². The van der Waals surface area contributed by atoms with Gasteiger partial charge >= 0.3 is 0 Å². The first kappa shape index (κ1) is 14.2. The molecule has 0 saturated carbocycles. The molecule has 0 fully saturated rings. The summed E-state index contributed by atoms with van der Waals surface area (Å²) in [5, 5.41) is 0. The van der Waals surface area contributed by atoms with E-state index in [9.17, 15) is 0 Å². The molecule has 1 unspecified atom stereocenters. The lowest BCUT2D eigenvalue weighted by Gasteiger charge is -2.38. The van der Waals surface area contributed by atoms with E-state index < -0.39 is 0 Å². The maximum atomic E-state index is 6.45. The highest BCUT2D eigenvalue weighted by molar-refractivity contribution is 9.10. The maximum Gasteiger partial charge on any atom is 0.0323 e. The molecule has 2 heteroatoms. The fourth-order valence-electron chi connectivity index (χ4n) is 3.38. The third-order valence-electron chi connectivity index (χ3n) is 4.43. The van der Waals surface area contributed by atoms with Gasteiger partial charge in [0.15, 0.2) is 0 Å². The van der Waals surface area contributed by atoms with E-state index in [1.807, 2.05) is 0 Å². The summed E-state index contributed by atoms with van der Waals surface area (Å²) >= 11 is 10.1. The highest BCUT2D eigenvalue weighted by atomic mass is 79.9. The van der Waals surface area contributed by atoms with Crippen LogP contribution < -0.4 is 0 Å². The van der Waals surface area contributed by atoms with E-state index in [1.165, 1.54) is 40.4 Å². The molecule has 2 aromatic carbocycles. The van der Waals surface area contributed by atoms with E-state index in [2.05, 4.69) is 64.5 Å². The molecule has 20 heavy (non-hydrogen) atoms. The predicted octanol–water partition coefficient (Wildman–Crippen LogP) is 5.50. The largest absolute Gasteiger partial charge is 0.126 e. The third kappa shape index (κ3) is 2.54. The second-order valence-electron chi connectivity index (χ2n) is 5.69.